The normalized spacial score (nSPS) is 17.8. The Morgan fingerprint density at radius 1 is 1.40 bits per heavy atom. The SMILES string of the molecule is O=C(COC(=O)[C@H]1CCCO1)Nc1ccc(Cl)cc1Cl. The van der Waals surface area contributed by atoms with Crippen LogP contribution in [0.15, 0.2) is 18.2 Å². The number of nitrogens with one attached hydrogen (secondary N) is 1. The maximum atomic E-state index is 11.6. The van der Waals surface area contributed by atoms with Gasteiger partial charge in [-0.2, -0.15) is 0 Å². The van der Waals surface area contributed by atoms with Crippen molar-refractivity contribution in [1.82, 2.24) is 0 Å². The summed E-state index contributed by atoms with van der Waals surface area (Å²) in [4.78, 5) is 23.2. The van der Waals surface area contributed by atoms with Gasteiger partial charge in [0.25, 0.3) is 5.91 Å². The lowest BCUT2D eigenvalue weighted by atomic mass is 10.2. The number of hydrogen-bond acceptors (Lipinski definition) is 4. The molecule has 2 rings (SSSR count). The minimum absolute atomic E-state index is 0.316. The van der Waals surface area contributed by atoms with Crippen LogP contribution >= 0.6 is 23.2 Å². The smallest absolute Gasteiger partial charge is 0.335 e. The molecule has 1 aromatic carbocycles. The number of carbonyl (C=O) groups excluding carboxylic acids is 2. The Morgan fingerprint density at radius 2 is 2.20 bits per heavy atom. The first-order chi connectivity index (χ1) is 9.56. The van der Waals surface area contributed by atoms with E-state index in [0.29, 0.717) is 28.8 Å². The summed E-state index contributed by atoms with van der Waals surface area (Å²) in [5, 5.41) is 3.32. The molecule has 1 N–H and O–H groups in total. The van der Waals surface area contributed by atoms with Crippen molar-refractivity contribution in [3.63, 3.8) is 0 Å². The Labute approximate surface area is 126 Å². The molecule has 0 spiro atoms. The minimum Gasteiger partial charge on any atom is -0.454 e. The van der Waals surface area contributed by atoms with Crippen molar-refractivity contribution in [2.24, 2.45) is 0 Å². The van der Waals surface area contributed by atoms with Gasteiger partial charge in [-0.1, -0.05) is 23.2 Å². The number of benzene rings is 1. The third kappa shape index (κ3) is 4.10. The number of carbonyl (C=O) groups is 2. The van der Waals surface area contributed by atoms with Gasteiger partial charge in [-0.15, -0.1) is 0 Å². The first-order valence-corrected chi connectivity index (χ1v) is 6.85. The average molecular weight is 318 g/mol. The van der Waals surface area contributed by atoms with Crippen molar-refractivity contribution in [3.05, 3.63) is 28.2 Å². The van der Waals surface area contributed by atoms with E-state index in [9.17, 15) is 9.59 Å². The van der Waals surface area contributed by atoms with Crippen LogP contribution in [0.2, 0.25) is 10.0 Å². The zero-order valence-corrected chi connectivity index (χ0v) is 12.0. The van der Waals surface area contributed by atoms with Crippen LogP contribution in [-0.4, -0.2) is 31.2 Å². The van der Waals surface area contributed by atoms with E-state index in [1.54, 1.807) is 12.1 Å². The monoisotopic (exact) mass is 317 g/mol. The molecule has 1 saturated heterocycles. The maximum absolute atomic E-state index is 11.6. The molecule has 0 bridgehead atoms. The molecular formula is C13H13Cl2NO4. The standard InChI is InChI=1S/C13H13Cl2NO4/c14-8-3-4-10(9(15)6-8)16-12(17)7-20-13(18)11-2-1-5-19-11/h3-4,6,11H,1-2,5,7H2,(H,16,17)/t11-/m1/s1. The van der Waals surface area contributed by atoms with Crippen LogP contribution in [0, 0.1) is 0 Å². The van der Waals surface area contributed by atoms with Crippen LogP contribution in [-0.2, 0) is 19.1 Å². The number of ether oxygens (including phenoxy) is 2. The second kappa shape index (κ2) is 6.92. The van der Waals surface area contributed by atoms with Crippen molar-refractivity contribution in [3.8, 4) is 0 Å². The third-order valence-electron chi connectivity index (χ3n) is 2.74. The quantitative estimate of drug-likeness (QED) is 0.867. The van der Waals surface area contributed by atoms with Crippen LogP contribution in [0.5, 0.6) is 0 Å². The lowest BCUT2D eigenvalue weighted by Crippen LogP contribution is -2.27. The fourth-order valence-corrected chi connectivity index (χ4v) is 2.23. The second-order valence-electron chi connectivity index (χ2n) is 4.28. The number of hydrogen-bond donors (Lipinski definition) is 1. The summed E-state index contributed by atoms with van der Waals surface area (Å²) in [5.41, 5.74) is 0.411. The van der Waals surface area contributed by atoms with E-state index in [4.69, 9.17) is 32.7 Å². The molecule has 0 aromatic heterocycles. The van der Waals surface area contributed by atoms with Gasteiger partial charge < -0.3 is 14.8 Å². The predicted octanol–water partition coefficient (Wildman–Crippen LogP) is 2.65. The van der Waals surface area contributed by atoms with E-state index < -0.39 is 18.0 Å². The maximum Gasteiger partial charge on any atom is 0.335 e. The molecule has 0 aliphatic carbocycles. The molecule has 1 aliphatic rings. The van der Waals surface area contributed by atoms with Crippen molar-refractivity contribution in [2.45, 2.75) is 18.9 Å². The lowest BCUT2D eigenvalue weighted by molar-refractivity contribution is -0.156. The molecule has 108 valence electrons. The molecule has 20 heavy (non-hydrogen) atoms. The van der Waals surface area contributed by atoms with Gasteiger partial charge in [0, 0.05) is 11.6 Å². The zero-order chi connectivity index (χ0) is 14.5. The summed E-state index contributed by atoms with van der Waals surface area (Å²) in [6.07, 6.45) is 0.900. The largest absolute Gasteiger partial charge is 0.454 e. The van der Waals surface area contributed by atoms with Gasteiger partial charge in [0.05, 0.1) is 10.7 Å². The topological polar surface area (TPSA) is 64.6 Å². The van der Waals surface area contributed by atoms with Gasteiger partial charge in [-0.25, -0.2) is 4.79 Å². The Morgan fingerprint density at radius 3 is 2.85 bits per heavy atom. The number of anilines is 1. The van der Waals surface area contributed by atoms with E-state index in [2.05, 4.69) is 5.32 Å². The van der Waals surface area contributed by atoms with Gasteiger partial charge in [0.2, 0.25) is 0 Å². The van der Waals surface area contributed by atoms with Crippen LogP contribution in [0.3, 0.4) is 0 Å². The van der Waals surface area contributed by atoms with Crippen molar-refractivity contribution in [2.75, 3.05) is 18.5 Å². The molecule has 1 aliphatic heterocycles. The molecule has 1 amide bonds. The number of halogens is 2. The first-order valence-electron chi connectivity index (χ1n) is 6.09. The lowest BCUT2D eigenvalue weighted by Gasteiger charge is -2.10. The first kappa shape index (κ1) is 15.1. The molecule has 1 aromatic rings. The molecule has 7 heteroatoms. The van der Waals surface area contributed by atoms with Gasteiger partial charge in [-0.05, 0) is 31.0 Å². The second-order valence-corrected chi connectivity index (χ2v) is 5.13. The Balaban J connectivity index is 1.81. The fourth-order valence-electron chi connectivity index (χ4n) is 1.77. The molecule has 0 radical (unpaired) electrons. The van der Waals surface area contributed by atoms with Crippen molar-refractivity contribution < 1.29 is 19.1 Å². The summed E-state index contributed by atoms with van der Waals surface area (Å²) in [5.74, 6) is -0.986. The van der Waals surface area contributed by atoms with Gasteiger partial charge >= 0.3 is 5.97 Å². The molecule has 5 nitrogen and oxygen atoms in total. The van der Waals surface area contributed by atoms with E-state index in [0.717, 1.165) is 6.42 Å². The molecule has 1 atom stereocenters. The predicted molar refractivity (Wildman–Crippen MR) is 75.0 cm³/mol. The van der Waals surface area contributed by atoms with Gasteiger partial charge in [0.15, 0.2) is 12.7 Å². The summed E-state index contributed by atoms with van der Waals surface area (Å²) in [6.45, 7) is 0.171. The average Bonchev–Trinajstić information content (AvgIpc) is 2.93. The summed E-state index contributed by atoms with van der Waals surface area (Å²) in [7, 11) is 0. The van der Waals surface area contributed by atoms with Crippen molar-refractivity contribution >= 4 is 40.8 Å². The summed E-state index contributed by atoms with van der Waals surface area (Å²) in [6, 6.07) is 4.68. The van der Waals surface area contributed by atoms with Crippen LogP contribution in [0.25, 0.3) is 0 Å². The molecule has 0 saturated carbocycles. The summed E-state index contributed by atoms with van der Waals surface area (Å²) < 4.78 is 10.0. The third-order valence-corrected chi connectivity index (χ3v) is 3.29. The highest BCUT2D eigenvalue weighted by Gasteiger charge is 2.25. The van der Waals surface area contributed by atoms with Gasteiger partial charge in [0.1, 0.15) is 0 Å². The van der Waals surface area contributed by atoms with Crippen molar-refractivity contribution in [1.29, 1.82) is 0 Å². The van der Waals surface area contributed by atoms with E-state index in [-0.39, 0.29) is 6.61 Å². The van der Waals surface area contributed by atoms with E-state index in [1.807, 2.05) is 0 Å². The highest BCUT2D eigenvalue weighted by Crippen LogP contribution is 2.25. The summed E-state index contributed by atoms with van der Waals surface area (Å²) >= 11 is 11.7. The van der Waals surface area contributed by atoms with E-state index >= 15 is 0 Å². The van der Waals surface area contributed by atoms with Crippen LogP contribution < -0.4 is 5.32 Å². The van der Waals surface area contributed by atoms with Crippen LogP contribution in [0.4, 0.5) is 5.69 Å². The van der Waals surface area contributed by atoms with Gasteiger partial charge in [-0.3, -0.25) is 4.79 Å². The van der Waals surface area contributed by atoms with E-state index in [1.165, 1.54) is 6.07 Å². The minimum atomic E-state index is -0.554. The molecular weight excluding hydrogens is 305 g/mol. The molecule has 0 unspecified atom stereocenters. The Kier molecular flexibility index (Phi) is 5.23. The Bertz CT molecular complexity index is 515. The highest BCUT2D eigenvalue weighted by molar-refractivity contribution is 6.36. The number of rotatable bonds is 4. The molecule has 1 fully saturated rings. The molecule has 1 heterocycles. The Hall–Kier alpha value is -1.30. The highest BCUT2D eigenvalue weighted by atomic mass is 35.5. The fraction of sp³-hybridized carbons (Fsp3) is 0.385. The number of esters is 1. The van der Waals surface area contributed by atoms with Crippen LogP contribution in [0.1, 0.15) is 12.8 Å². The zero-order valence-electron chi connectivity index (χ0n) is 10.5. The number of amides is 1.